The van der Waals surface area contributed by atoms with E-state index in [9.17, 15) is 9.59 Å². The molecule has 2 N–H and O–H groups in total. The molecule has 1 rings (SSSR count). The minimum atomic E-state index is -0.184. The summed E-state index contributed by atoms with van der Waals surface area (Å²) in [7, 11) is 0. The minimum absolute atomic E-state index is 0.177. The van der Waals surface area contributed by atoms with E-state index in [1.165, 1.54) is 11.8 Å². The quantitative estimate of drug-likeness (QED) is 0.676. The Morgan fingerprint density at radius 2 is 1.84 bits per heavy atom. The van der Waals surface area contributed by atoms with Crippen LogP contribution in [0.3, 0.4) is 0 Å². The van der Waals surface area contributed by atoms with E-state index in [-0.39, 0.29) is 17.6 Å². The first-order chi connectivity index (χ1) is 11.9. The van der Waals surface area contributed by atoms with Crippen LogP contribution in [0, 0.1) is 5.92 Å². The van der Waals surface area contributed by atoms with Crippen LogP contribution in [-0.4, -0.2) is 46.4 Å². The Balaban J connectivity index is 2.65. The highest BCUT2D eigenvalue weighted by Gasteiger charge is 2.14. The standard InChI is InChI=1S/C18H27N3O2S2/c1-5-21(6-2)18(24)25-12-16(22)20-15-10-8-7-9-14(15)17(23)19-11-13(3)4/h7-10,13H,5-6,11-12H2,1-4H3,(H,19,23)(H,20,22). The van der Waals surface area contributed by atoms with Crippen molar-refractivity contribution in [1.82, 2.24) is 10.2 Å². The van der Waals surface area contributed by atoms with Gasteiger partial charge >= 0.3 is 0 Å². The predicted molar refractivity (Wildman–Crippen MR) is 110 cm³/mol. The summed E-state index contributed by atoms with van der Waals surface area (Å²) in [5, 5.41) is 5.68. The molecule has 0 aliphatic rings. The zero-order chi connectivity index (χ0) is 18.8. The van der Waals surface area contributed by atoms with E-state index in [4.69, 9.17) is 12.2 Å². The molecule has 1 aromatic carbocycles. The number of nitrogens with zero attached hydrogens (tertiary/aromatic N) is 1. The van der Waals surface area contributed by atoms with E-state index >= 15 is 0 Å². The van der Waals surface area contributed by atoms with E-state index in [0.717, 1.165) is 13.1 Å². The van der Waals surface area contributed by atoms with Crippen molar-refractivity contribution in [2.75, 3.05) is 30.7 Å². The number of rotatable bonds is 8. The molecule has 0 atom stereocenters. The lowest BCUT2D eigenvalue weighted by atomic mass is 10.1. The topological polar surface area (TPSA) is 61.4 Å². The number of hydrogen-bond donors (Lipinski definition) is 2. The first kappa shape index (κ1) is 21.4. The molecule has 7 heteroatoms. The number of benzene rings is 1. The Morgan fingerprint density at radius 3 is 2.44 bits per heavy atom. The Labute approximate surface area is 159 Å². The lowest BCUT2D eigenvalue weighted by molar-refractivity contribution is -0.113. The van der Waals surface area contributed by atoms with Crippen LogP contribution in [0.5, 0.6) is 0 Å². The summed E-state index contributed by atoms with van der Waals surface area (Å²) in [6.07, 6.45) is 0. The van der Waals surface area contributed by atoms with Crippen LogP contribution >= 0.6 is 24.0 Å². The van der Waals surface area contributed by atoms with Crippen LogP contribution in [0.4, 0.5) is 5.69 Å². The second-order valence-corrected chi connectivity index (χ2v) is 7.53. The highest BCUT2D eigenvalue weighted by molar-refractivity contribution is 8.23. The molecule has 2 amide bonds. The number of para-hydroxylation sites is 1. The van der Waals surface area contributed by atoms with E-state index < -0.39 is 0 Å². The smallest absolute Gasteiger partial charge is 0.253 e. The average Bonchev–Trinajstić information content (AvgIpc) is 2.59. The second-order valence-electron chi connectivity index (χ2n) is 5.92. The molecule has 5 nitrogen and oxygen atoms in total. The van der Waals surface area contributed by atoms with E-state index in [0.29, 0.717) is 28.0 Å². The molecule has 0 aliphatic carbocycles. The minimum Gasteiger partial charge on any atom is -0.358 e. The van der Waals surface area contributed by atoms with Gasteiger partial charge in [-0.2, -0.15) is 0 Å². The van der Waals surface area contributed by atoms with Crippen LogP contribution in [0.1, 0.15) is 38.1 Å². The molecule has 0 radical (unpaired) electrons. The number of amides is 2. The molecule has 0 heterocycles. The second kappa shape index (κ2) is 11.1. The van der Waals surface area contributed by atoms with Gasteiger partial charge < -0.3 is 15.5 Å². The summed E-state index contributed by atoms with van der Waals surface area (Å²) in [4.78, 5) is 26.5. The fourth-order valence-corrected chi connectivity index (χ4v) is 3.27. The Morgan fingerprint density at radius 1 is 1.20 bits per heavy atom. The van der Waals surface area contributed by atoms with Gasteiger partial charge in [0.15, 0.2) is 0 Å². The monoisotopic (exact) mass is 381 g/mol. The molecule has 0 fully saturated rings. The lowest BCUT2D eigenvalue weighted by Crippen LogP contribution is -2.29. The third kappa shape index (κ3) is 7.44. The molecule has 0 unspecified atom stereocenters. The predicted octanol–water partition coefficient (Wildman–Crippen LogP) is 3.37. The third-order valence-corrected chi connectivity index (χ3v) is 4.99. The summed E-state index contributed by atoms with van der Waals surface area (Å²) in [5.74, 6) is 0.222. The van der Waals surface area contributed by atoms with Gasteiger partial charge in [-0.1, -0.05) is 50.0 Å². The van der Waals surface area contributed by atoms with Crippen LogP contribution in [0.2, 0.25) is 0 Å². The number of thioether (sulfide) groups is 1. The first-order valence-electron chi connectivity index (χ1n) is 8.47. The highest BCUT2D eigenvalue weighted by Crippen LogP contribution is 2.16. The molecule has 0 aliphatic heterocycles. The molecule has 0 saturated carbocycles. The van der Waals surface area contributed by atoms with Crippen molar-refractivity contribution in [2.24, 2.45) is 5.92 Å². The molecular weight excluding hydrogens is 354 g/mol. The molecule has 25 heavy (non-hydrogen) atoms. The Hall–Kier alpha value is -1.60. The maximum atomic E-state index is 12.3. The summed E-state index contributed by atoms with van der Waals surface area (Å²) in [6, 6.07) is 7.02. The summed E-state index contributed by atoms with van der Waals surface area (Å²) >= 11 is 6.66. The SMILES string of the molecule is CCN(CC)C(=S)SCC(=O)Nc1ccccc1C(=O)NCC(C)C. The zero-order valence-corrected chi connectivity index (χ0v) is 16.9. The average molecular weight is 382 g/mol. The maximum Gasteiger partial charge on any atom is 0.253 e. The third-order valence-electron chi connectivity index (χ3n) is 3.47. The fraction of sp³-hybridized carbons (Fsp3) is 0.500. The van der Waals surface area contributed by atoms with E-state index in [1.807, 2.05) is 32.6 Å². The van der Waals surface area contributed by atoms with Crippen molar-refractivity contribution >= 4 is 45.8 Å². The van der Waals surface area contributed by atoms with Crippen LogP contribution < -0.4 is 10.6 Å². The van der Waals surface area contributed by atoms with Crippen molar-refractivity contribution in [3.05, 3.63) is 29.8 Å². The molecule has 0 bridgehead atoms. The number of thiocarbonyl (C=S) groups is 1. The number of hydrogen-bond acceptors (Lipinski definition) is 4. The molecule has 1 aromatic rings. The van der Waals surface area contributed by atoms with Gasteiger partial charge in [0, 0.05) is 19.6 Å². The molecule has 0 aromatic heterocycles. The summed E-state index contributed by atoms with van der Waals surface area (Å²) in [5.41, 5.74) is 0.982. The lowest BCUT2D eigenvalue weighted by Gasteiger charge is -2.20. The zero-order valence-electron chi connectivity index (χ0n) is 15.3. The fourth-order valence-electron chi connectivity index (χ4n) is 2.07. The van der Waals surface area contributed by atoms with Crippen molar-refractivity contribution in [1.29, 1.82) is 0 Å². The van der Waals surface area contributed by atoms with Crippen molar-refractivity contribution in [3.63, 3.8) is 0 Å². The number of carbonyl (C=O) groups excluding carboxylic acids is 2. The van der Waals surface area contributed by atoms with Gasteiger partial charge in [0.05, 0.1) is 17.0 Å². The van der Waals surface area contributed by atoms with Crippen molar-refractivity contribution in [2.45, 2.75) is 27.7 Å². The normalized spacial score (nSPS) is 10.4. The van der Waals surface area contributed by atoms with Gasteiger partial charge in [0.25, 0.3) is 5.91 Å². The van der Waals surface area contributed by atoms with Crippen molar-refractivity contribution in [3.8, 4) is 0 Å². The van der Waals surface area contributed by atoms with E-state index in [1.54, 1.807) is 24.3 Å². The number of carbonyl (C=O) groups is 2. The molecule has 0 saturated heterocycles. The highest BCUT2D eigenvalue weighted by atomic mass is 32.2. The maximum absolute atomic E-state index is 12.3. The van der Waals surface area contributed by atoms with Gasteiger partial charge in [-0.3, -0.25) is 9.59 Å². The molecular formula is C18H27N3O2S2. The van der Waals surface area contributed by atoms with E-state index in [2.05, 4.69) is 10.6 Å². The van der Waals surface area contributed by atoms with Gasteiger partial charge in [-0.25, -0.2) is 0 Å². The van der Waals surface area contributed by atoms with Crippen LogP contribution in [-0.2, 0) is 4.79 Å². The van der Waals surface area contributed by atoms with Gasteiger partial charge in [0.2, 0.25) is 5.91 Å². The van der Waals surface area contributed by atoms with Gasteiger partial charge in [0.1, 0.15) is 4.32 Å². The summed E-state index contributed by atoms with van der Waals surface area (Å²) < 4.78 is 0.711. The largest absolute Gasteiger partial charge is 0.358 e. The Bertz CT molecular complexity index is 602. The molecule has 0 spiro atoms. The summed E-state index contributed by atoms with van der Waals surface area (Å²) in [6.45, 7) is 10.4. The number of nitrogens with one attached hydrogen (secondary N) is 2. The molecule has 138 valence electrons. The van der Waals surface area contributed by atoms with Crippen LogP contribution in [0.25, 0.3) is 0 Å². The van der Waals surface area contributed by atoms with Gasteiger partial charge in [-0.05, 0) is 31.9 Å². The van der Waals surface area contributed by atoms with Crippen molar-refractivity contribution < 1.29 is 9.59 Å². The first-order valence-corrected chi connectivity index (χ1v) is 9.87. The van der Waals surface area contributed by atoms with Gasteiger partial charge in [-0.15, -0.1) is 0 Å². The number of anilines is 1. The Kier molecular flexibility index (Phi) is 9.52. The van der Waals surface area contributed by atoms with Crippen LogP contribution in [0.15, 0.2) is 24.3 Å².